The first-order valence-electron chi connectivity index (χ1n) is 12.5. The Labute approximate surface area is 249 Å². The van der Waals surface area contributed by atoms with Gasteiger partial charge in [-0.05, 0) is 104 Å². The number of hydrogen-bond donors (Lipinski definition) is 3. The molecule has 0 fully saturated rings. The van der Waals surface area contributed by atoms with Gasteiger partial charge in [0.05, 0.1) is 34.8 Å². The van der Waals surface area contributed by atoms with E-state index in [1.54, 1.807) is 49.4 Å². The minimum absolute atomic E-state index is 0.118. The van der Waals surface area contributed by atoms with Gasteiger partial charge in [-0.3, -0.25) is 4.55 Å². The van der Waals surface area contributed by atoms with Crippen LogP contribution in [0.2, 0.25) is 0 Å². The second kappa shape index (κ2) is 12.3. The van der Waals surface area contributed by atoms with E-state index in [1.807, 2.05) is 26.0 Å². The van der Waals surface area contributed by atoms with Gasteiger partial charge in [-0.15, -0.1) is 19.6 Å². The summed E-state index contributed by atoms with van der Waals surface area (Å²) in [6.07, 6.45) is 0. The summed E-state index contributed by atoms with van der Waals surface area (Å²) in [6, 6.07) is 18.1. The number of nitrogen functional groups attached to an aromatic ring is 1. The van der Waals surface area contributed by atoms with Crippen LogP contribution >= 0.6 is 12.0 Å². The number of aromatic nitrogens is 3. The molecule has 1 aromatic heterocycles. The first kappa shape index (κ1) is 29.9. The lowest BCUT2D eigenvalue weighted by Gasteiger charge is -2.05. The number of rotatable bonds is 9. The fourth-order valence-corrected chi connectivity index (χ4v) is 4.97. The summed E-state index contributed by atoms with van der Waals surface area (Å²) in [6.45, 7) is 5.61. The Morgan fingerprint density at radius 1 is 0.791 bits per heavy atom. The molecule has 0 saturated heterocycles. The van der Waals surface area contributed by atoms with E-state index in [2.05, 4.69) is 40.0 Å². The number of nitrogens with two attached hydrogens (primary N) is 1. The van der Waals surface area contributed by atoms with Crippen molar-refractivity contribution in [2.24, 2.45) is 20.5 Å². The Morgan fingerprint density at radius 3 is 2.12 bits per heavy atom. The molecular weight excluding hydrogens is 596 g/mol. The van der Waals surface area contributed by atoms with Crippen molar-refractivity contribution in [2.75, 3.05) is 5.73 Å². The monoisotopic (exact) mass is 620 g/mol. The largest absolute Gasteiger partial charge is 0.399 e. The van der Waals surface area contributed by atoms with Crippen LogP contribution in [0.25, 0.3) is 16.7 Å². The molecule has 5 aromatic rings. The van der Waals surface area contributed by atoms with Crippen LogP contribution in [0, 0.1) is 20.8 Å². The minimum atomic E-state index is -4.67. The second-order valence-electron chi connectivity index (χ2n) is 9.36. The molecule has 220 valence electrons. The summed E-state index contributed by atoms with van der Waals surface area (Å²) in [5, 5.41) is 37.6. The lowest BCUT2D eigenvalue weighted by atomic mass is 10.1. The van der Waals surface area contributed by atoms with Gasteiger partial charge in [0.25, 0.3) is 10.1 Å². The van der Waals surface area contributed by atoms with Crippen LogP contribution in [0.1, 0.15) is 16.7 Å². The van der Waals surface area contributed by atoms with Crippen molar-refractivity contribution < 1.29 is 27.6 Å². The van der Waals surface area contributed by atoms with Crippen molar-refractivity contribution >= 4 is 61.6 Å². The van der Waals surface area contributed by atoms with Crippen molar-refractivity contribution in [1.82, 2.24) is 15.0 Å². The van der Waals surface area contributed by atoms with Gasteiger partial charge < -0.3 is 5.73 Å². The number of nitrogens with zero attached hydrogens (tertiary/aromatic N) is 7. The van der Waals surface area contributed by atoms with Crippen LogP contribution in [0.15, 0.2) is 97.0 Å². The van der Waals surface area contributed by atoms with Crippen molar-refractivity contribution in [1.29, 1.82) is 0 Å². The Bertz CT molecular complexity index is 1990. The zero-order valence-corrected chi connectivity index (χ0v) is 24.5. The highest BCUT2D eigenvalue weighted by Gasteiger charge is 2.20. The fraction of sp³-hybridized carbons (Fsp3) is 0.111. The van der Waals surface area contributed by atoms with E-state index in [0.29, 0.717) is 44.4 Å². The third-order valence-electron chi connectivity index (χ3n) is 6.27. The topological polar surface area (TPSA) is 199 Å². The summed E-state index contributed by atoms with van der Waals surface area (Å²) >= 11 is 0.791. The maximum atomic E-state index is 12.2. The highest BCUT2D eigenvalue weighted by Crippen LogP contribution is 2.33. The fourth-order valence-electron chi connectivity index (χ4n) is 3.99. The number of aryl methyl sites for hydroxylation is 3. The molecule has 4 aromatic carbocycles. The van der Waals surface area contributed by atoms with E-state index in [1.165, 1.54) is 16.9 Å². The van der Waals surface area contributed by atoms with Gasteiger partial charge in [0.2, 0.25) is 0 Å². The number of azo groups is 2. The van der Waals surface area contributed by atoms with Crippen LogP contribution in [0.3, 0.4) is 0 Å². The molecule has 16 heteroatoms. The summed E-state index contributed by atoms with van der Waals surface area (Å²) < 4.78 is 38.7. The molecule has 0 aliphatic rings. The van der Waals surface area contributed by atoms with Gasteiger partial charge in [-0.2, -0.15) is 28.6 Å². The van der Waals surface area contributed by atoms with Gasteiger partial charge in [-0.25, -0.2) is 5.26 Å². The summed E-state index contributed by atoms with van der Waals surface area (Å²) in [7, 11) is -4.67. The molecule has 4 N–H and O–H groups in total. The normalized spacial score (nSPS) is 12.2. The predicted octanol–water partition coefficient (Wildman–Crippen LogP) is 7.43. The van der Waals surface area contributed by atoms with E-state index in [0.717, 1.165) is 23.2 Å². The quantitative estimate of drug-likeness (QED) is 0.0371. The predicted molar refractivity (Wildman–Crippen MR) is 159 cm³/mol. The average Bonchev–Trinajstić information content (AvgIpc) is 3.39. The van der Waals surface area contributed by atoms with Crippen molar-refractivity contribution in [2.45, 2.75) is 30.6 Å². The molecule has 0 radical (unpaired) electrons. The second-order valence-corrected chi connectivity index (χ2v) is 11.5. The molecule has 0 spiro atoms. The van der Waals surface area contributed by atoms with Crippen molar-refractivity contribution in [3.8, 4) is 5.69 Å². The number of hydrogen-bond acceptors (Lipinski definition) is 13. The molecule has 0 aliphatic carbocycles. The Kier molecular flexibility index (Phi) is 8.58. The minimum Gasteiger partial charge on any atom is -0.399 e. The Morgan fingerprint density at radius 2 is 1.44 bits per heavy atom. The lowest BCUT2D eigenvalue weighted by molar-refractivity contribution is -0.432. The van der Waals surface area contributed by atoms with Gasteiger partial charge in [0.1, 0.15) is 21.6 Å². The van der Waals surface area contributed by atoms with E-state index in [9.17, 15) is 13.0 Å². The summed E-state index contributed by atoms with van der Waals surface area (Å²) in [5.74, 6) is 0. The van der Waals surface area contributed by atoms with Gasteiger partial charge >= 0.3 is 0 Å². The molecule has 0 aliphatic heterocycles. The van der Waals surface area contributed by atoms with Gasteiger partial charge in [0, 0.05) is 10.6 Å². The van der Waals surface area contributed by atoms with Crippen LogP contribution in [0.5, 0.6) is 0 Å². The molecule has 14 nitrogen and oxygen atoms in total. The molecule has 0 amide bonds. The van der Waals surface area contributed by atoms with Gasteiger partial charge in [-0.1, -0.05) is 5.04 Å². The highest BCUT2D eigenvalue weighted by molar-refractivity contribution is 7.94. The number of anilines is 1. The van der Waals surface area contributed by atoms with E-state index in [-0.39, 0.29) is 11.2 Å². The Hall–Kier alpha value is -4.58. The number of fused-ring (bicyclic) bond motifs is 1. The first-order chi connectivity index (χ1) is 20.5. The van der Waals surface area contributed by atoms with Crippen LogP contribution in [0.4, 0.5) is 28.4 Å². The average molecular weight is 621 g/mol. The lowest BCUT2D eigenvalue weighted by Crippen LogP contribution is -1.98. The van der Waals surface area contributed by atoms with Gasteiger partial charge in [0.15, 0.2) is 0 Å². The molecule has 43 heavy (non-hydrogen) atoms. The molecular formula is C27H24N8O6S2. The first-order valence-corrected chi connectivity index (χ1v) is 14.6. The van der Waals surface area contributed by atoms with Crippen LogP contribution < -0.4 is 5.73 Å². The van der Waals surface area contributed by atoms with Crippen molar-refractivity contribution in [3.05, 3.63) is 83.4 Å². The molecule has 0 saturated carbocycles. The Balaban J connectivity index is 1.42. The zero-order valence-electron chi connectivity index (χ0n) is 22.9. The molecule has 5 rings (SSSR count). The maximum absolute atomic E-state index is 12.2. The highest BCUT2D eigenvalue weighted by atomic mass is 32.2. The number of benzene rings is 4. The van der Waals surface area contributed by atoms with Crippen molar-refractivity contribution in [3.63, 3.8) is 0 Å². The maximum Gasteiger partial charge on any atom is 0.296 e. The molecule has 0 atom stereocenters. The standard InChI is InChI=1S/C27H24N8O6S2/c1-15-12-23(17(3)11-21(15)28)31-29-18-4-9-22(16(2)10-18)30-32-26-13-24-25(14-27(26)43(37,38)39)34-35(33-24)19-5-7-20(8-6-19)42-41-40-36/h4-14,36H,28H2,1-3H3,(H,37,38,39). The van der Waals surface area contributed by atoms with Crippen LogP contribution in [-0.2, 0) is 19.5 Å². The zero-order chi connectivity index (χ0) is 30.7. The summed E-state index contributed by atoms with van der Waals surface area (Å²) in [5.41, 5.74) is 11.9. The smallest absolute Gasteiger partial charge is 0.296 e. The third kappa shape index (κ3) is 6.91. The van der Waals surface area contributed by atoms with E-state index < -0.39 is 15.0 Å². The van der Waals surface area contributed by atoms with E-state index in [4.69, 9.17) is 11.0 Å². The third-order valence-corrected chi connectivity index (χ3v) is 7.75. The van der Waals surface area contributed by atoms with Crippen LogP contribution in [-0.4, -0.2) is 33.2 Å². The molecule has 1 heterocycles. The summed E-state index contributed by atoms with van der Waals surface area (Å²) in [4.78, 5) is 1.45. The molecule has 0 bridgehead atoms. The SMILES string of the molecule is Cc1cc(N=Nc2ccc(N=Nc3cc4nn(-c5ccc(SOOO)cc5)nc4cc3S(=O)(=O)O)c(C)c2)c(C)cc1N. The molecule has 0 unspecified atom stereocenters. The van der Waals surface area contributed by atoms with E-state index >= 15 is 0 Å².